The lowest BCUT2D eigenvalue weighted by Gasteiger charge is -2.08. The third kappa shape index (κ3) is 4.17. The van der Waals surface area contributed by atoms with E-state index in [0.717, 1.165) is 22.5 Å². The van der Waals surface area contributed by atoms with Crippen LogP contribution in [-0.4, -0.2) is 20.7 Å². The maximum absolute atomic E-state index is 10.9. The molecule has 0 bridgehead atoms. The van der Waals surface area contributed by atoms with Crippen LogP contribution in [0.1, 0.15) is 5.56 Å². The molecule has 0 saturated heterocycles. The molecule has 142 valence electrons. The highest BCUT2D eigenvalue weighted by atomic mass is 32.1. The zero-order valence-electron chi connectivity index (χ0n) is 15.1. The summed E-state index contributed by atoms with van der Waals surface area (Å²) in [7, 11) is 0. The van der Waals surface area contributed by atoms with Crippen LogP contribution in [0.2, 0.25) is 0 Å². The number of nitrogens with zero attached hydrogens (tertiary/aromatic N) is 5. The number of aromatic nitrogens is 2. The smallest absolute Gasteiger partial charge is 0.269 e. The Hall–Kier alpha value is -3.91. The van der Waals surface area contributed by atoms with Crippen LogP contribution in [0.5, 0.6) is 0 Å². The molecule has 0 N–H and O–H groups in total. The molecule has 8 heteroatoms. The minimum absolute atomic E-state index is 0.0567. The standard InChI is InChI=1S/C21H15N5O2S/c27-26(28)19-10-8-17(9-11-19)20-15-29-21(25(20)18-6-2-1-3-7-18)24-23-14-16-5-4-12-22-13-16/h1-15H/b23-14-,24-21-. The first-order valence-electron chi connectivity index (χ1n) is 8.70. The van der Waals surface area contributed by atoms with Crippen molar-refractivity contribution in [2.45, 2.75) is 0 Å². The Morgan fingerprint density at radius 3 is 2.52 bits per heavy atom. The molecule has 0 fully saturated rings. The van der Waals surface area contributed by atoms with Crippen molar-refractivity contribution in [3.8, 4) is 16.9 Å². The second-order valence-corrected chi connectivity index (χ2v) is 6.85. The van der Waals surface area contributed by atoms with E-state index in [4.69, 9.17) is 0 Å². The van der Waals surface area contributed by atoms with Gasteiger partial charge in [-0.2, -0.15) is 5.10 Å². The minimum Gasteiger partial charge on any atom is -0.284 e. The largest absolute Gasteiger partial charge is 0.284 e. The zero-order valence-corrected chi connectivity index (χ0v) is 15.9. The van der Waals surface area contributed by atoms with E-state index < -0.39 is 4.92 Å². The summed E-state index contributed by atoms with van der Waals surface area (Å²) in [5.74, 6) is 0. The maximum atomic E-state index is 10.9. The summed E-state index contributed by atoms with van der Waals surface area (Å²) in [6, 6.07) is 20.0. The van der Waals surface area contributed by atoms with Gasteiger partial charge in [0.25, 0.3) is 5.69 Å². The number of rotatable bonds is 5. The van der Waals surface area contributed by atoms with Crippen molar-refractivity contribution >= 4 is 23.2 Å². The number of para-hydroxylation sites is 1. The van der Waals surface area contributed by atoms with Gasteiger partial charge in [0.2, 0.25) is 4.80 Å². The summed E-state index contributed by atoms with van der Waals surface area (Å²) >= 11 is 1.44. The van der Waals surface area contributed by atoms with Crippen LogP contribution in [0.3, 0.4) is 0 Å². The lowest BCUT2D eigenvalue weighted by atomic mass is 10.1. The Labute approximate surface area is 170 Å². The van der Waals surface area contributed by atoms with Crippen molar-refractivity contribution in [2.24, 2.45) is 10.2 Å². The highest BCUT2D eigenvalue weighted by Crippen LogP contribution is 2.25. The molecule has 0 amide bonds. The van der Waals surface area contributed by atoms with E-state index in [-0.39, 0.29) is 5.69 Å². The first kappa shape index (κ1) is 18.5. The molecule has 2 heterocycles. The monoisotopic (exact) mass is 401 g/mol. The quantitative estimate of drug-likeness (QED) is 0.281. The second-order valence-electron chi connectivity index (χ2n) is 6.01. The van der Waals surface area contributed by atoms with Gasteiger partial charge in [0.05, 0.1) is 16.8 Å². The van der Waals surface area contributed by atoms with Gasteiger partial charge >= 0.3 is 0 Å². The fourth-order valence-corrected chi connectivity index (χ4v) is 3.62. The number of hydrogen-bond acceptors (Lipinski definition) is 6. The molecule has 7 nitrogen and oxygen atoms in total. The number of thiazole rings is 1. The lowest BCUT2D eigenvalue weighted by molar-refractivity contribution is -0.384. The number of hydrogen-bond donors (Lipinski definition) is 0. The molecular formula is C21H15N5O2S. The van der Waals surface area contributed by atoms with Crippen molar-refractivity contribution in [2.75, 3.05) is 0 Å². The molecule has 0 unspecified atom stereocenters. The first-order chi connectivity index (χ1) is 14.2. The molecular weight excluding hydrogens is 386 g/mol. The van der Waals surface area contributed by atoms with Crippen molar-refractivity contribution in [3.63, 3.8) is 0 Å². The zero-order chi connectivity index (χ0) is 20.1. The normalized spacial score (nSPS) is 11.8. The SMILES string of the molecule is O=[N+]([O-])c1ccc(-c2cs/c(=N\N=C/c3cccnc3)n2-c2ccccc2)cc1. The Morgan fingerprint density at radius 1 is 1.03 bits per heavy atom. The maximum Gasteiger partial charge on any atom is 0.269 e. The van der Waals surface area contributed by atoms with Gasteiger partial charge in [-0.1, -0.05) is 24.3 Å². The molecule has 4 rings (SSSR count). The molecule has 0 radical (unpaired) electrons. The number of nitro groups is 1. The fraction of sp³-hybridized carbons (Fsp3) is 0. The van der Waals surface area contributed by atoms with E-state index in [9.17, 15) is 10.1 Å². The Kier molecular flexibility index (Phi) is 5.35. The van der Waals surface area contributed by atoms with E-state index in [2.05, 4.69) is 15.2 Å². The third-order valence-electron chi connectivity index (χ3n) is 4.13. The average Bonchev–Trinajstić information content (AvgIpc) is 3.19. The molecule has 0 saturated carbocycles. The predicted molar refractivity (Wildman–Crippen MR) is 113 cm³/mol. The van der Waals surface area contributed by atoms with E-state index >= 15 is 0 Å². The number of non-ortho nitro benzene ring substituents is 1. The summed E-state index contributed by atoms with van der Waals surface area (Å²) in [6.45, 7) is 0. The van der Waals surface area contributed by atoms with Gasteiger partial charge in [0, 0.05) is 41.2 Å². The third-order valence-corrected chi connectivity index (χ3v) is 4.95. The summed E-state index contributed by atoms with van der Waals surface area (Å²) in [5.41, 5.74) is 3.58. The highest BCUT2D eigenvalue weighted by Gasteiger charge is 2.12. The summed E-state index contributed by atoms with van der Waals surface area (Å²) in [6.07, 6.45) is 5.06. The van der Waals surface area contributed by atoms with Crippen molar-refractivity contribution in [3.05, 3.63) is 105 Å². The van der Waals surface area contributed by atoms with Crippen molar-refractivity contribution in [1.29, 1.82) is 0 Å². The van der Waals surface area contributed by atoms with Gasteiger partial charge in [-0.05, 0) is 35.9 Å². The molecule has 2 aromatic heterocycles. The highest BCUT2D eigenvalue weighted by molar-refractivity contribution is 7.07. The summed E-state index contributed by atoms with van der Waals surface area (Å²) < 4.78 is 1.98. The minimum atomic E-state index is -0.406. The fourth-order valence-electron chi connectivity index (χ4n) is 2.76. The van der Waals surface area contributed by atoms with Gasteiger partial charge in [-0.25, -0.2) is 0 Å². The van der Waals surface area contributed by atoms with Gasteiger partial charge in [-0.3, -0.25) is 19.7 Å². The predicted octanol–water partition coefficient (Wildman–Crippen LogP) is 4.44. The van der Waals surface area contributed by atoms with Crippen LogP contribution in [0.4, 0.5) is 5.69 Å². The number of benzene rings is 2. The molecule has 2 aromatic carbocycles. The van der Waals surface area contributed by atoms with Crippen LogP contribution in [0.15, 0.2) is 94.7 Å². The number of nitro benzene ring substituents is 1. The van der Waals surface area contributed by atoms with Crippen molar-refractivity contribution < 1.29 is 4.92 Å². The summed E-state index contributed by atoms with van der Waals surface area (Å²) in [4.78, 5) is 15.3. The van der Waals surface area contributed by atoms with Gasteiger partial charge in [-0.15, -0.1) is 16.4 Å². The van der Waals surface area contributed by atoms with E-state index in [0.29, 0.717) is 4.80 Å². The molecule has 29 heavy (non-hydrogen) atoms. The Balaban J connectivity index is 1.80. The number of pyridine rings is 1. The van der Waals surface area contributed by atoms with Crippen LogP contribution < -0.4 is 4.80 Å². The Morgan fingerprint density at radius 2 is 1.83 bits per heavy atom. The summed E-state index contributed by atoms with van der Waals surface area (Å²) in [5, 5.41) is 21.5. The lowest BCUT2D eigenvalue weighted by Crippen LogP contribution is -2.13. The van der Waals surface area contributed by atoms with Gasteiger partial charge in [0.1, 0.15) is 0 Å². The van der Waals surface area contributed by atoms with E-state index in [1.165, 1.54) is 23.5 Å². The molecule has 0 spiro atoms. The van der Waals surface area contributed by atoms with Gasteiger partial charge in [0.15, 0.2) is 0 Å². The van der Waals surface area contributed by atoms with Crippen LogP contribution in [0.25, 0.3) is 16.9 Å². The molecule has 0 aliphatic carbocycles. The molecule has 0 aliphatic rings. The Bertz CT molecular complexity index is 1210. The van der Waals surface area contributed by atoms with Crippen molar-refractivity contribution in [1.82, 2.24) is 9.55 Å². The second kappa shape index (κ2) is 8.41. The molecule has 4 aromatic rings. The van der Waals surface area contributed by atoms with E-state index in [1.807, 2.05) is 52.4 Å². The first-order valence-corrected chi connectivity index (χ1v) is 9.58. The van der Waals surface area contributed by atoms with Crippen LogP contribution in [-0.2, 0) is 0 Å². The van der Waals surface area contributed by atoms with Gasteiger partial charge < -0.3 is 0 Å². The average molecular weight is 401 g/mol. The van der Waals surface area contributed by atoms with Crippen LogP contribution >= 0.6 is 11.3 Å². The van der Waals surface area contributed by atoms with Crippen LogP contribution in [0, 0.1) is 10.1 Å². The molecule has 0 atom stereocenters. The van der Waals surface area contributed by atoms with E-state index in [1.54, 1.807) is 30.7 Å². The topological polar surface area (TPSA) is 85.7 Å². The molecule has 0 aliphatic heterocycles.